The van der Waals surface area contributed by atoms with Crippen molar-refractivity contribution in [3.63, 3.8) is 0 Å². The first-order chi connectivity index (χ1) is 9.36. The van der Waals surface area contributed by atoms with Crippen molar-refractivity contribution >= 4 is 33.3 Å². The first kappa shape index (κ1) is 14.7. The molecule has 0 amide bonds. The van der Waals surface area contributed by atoms with Gasteiger partial charge in [0.1, 0.15) is 11.9 Å². The monoisotopic (exact) mass is 343 g/mol. The molecule has 0 aromatic carbocycles. The number of aromatic nitrogens is 1. The van der Waals surface area contributed by atoms with Crippen LogP contribution in [0.25, 0.3) is 0 Å². The molecule has 108 valence electrons. The lowest BCUT2D eigenvalue weighted by molar-refractivity contribution is -0.384. The summed E-state index contributed by atoms with van der Waals surface area (Å²) in [7, 11) is 0. The maximum Gasteiger partial charge on any atom is 0.311 e. The van der Waals surface area contributed by atoms with Crippen LogP contribution in [-0.4, -0.2) is 27.0 Å². The molecule has 2 atom stereocenters. The summed E-state index contributed by atoms with van der Waals surface area (Å²) in [6.45, 7) is 1.67. The molecule has 8 heteroatoms. The second-order valence-electron chi connectivity index (χ2n) is 5.08. The molecule has 0 bridgehead atoms. The third kappa shape index (κ3) is 2.47. The fraction of sp³-hybridized carbons (Fsp3) is 0.500. The van der Waals surface area contributed by atoms with Gasteiger partial charge in [0.2, 0.25) is 0 Å². The molecule has 1 aliphatic carbocycles. The second kappa shape index (κ2) is 5.35. The number of aliphatic carboxylic acids is 1. The summed E-state index contributed by atoms with van der Waals surface area (Å²) in [5.74, 6) is -0.889. The van der Waals surface area contributed by atoms with Crippen LogP contribution in [0.1, 0.15) is 26.2 Å². The van der Waals surface area contributed by atoms with Gasteiger partial charge < -0.3 is 10.4 Å². The van der Waals surface area contributed by atoms with E-state index in [1.54, 1.807) is 6.92 Å². The molecule has 1 aliphatic rings. The molecule has 0 saturated heterocycles. The molecular formula is C12H14BrN3O4. The standard InChI is InChI=1S/C12H14BrN3O4/c1-12(11(17)18)4-2-3-9(12)15-10-7(13)5-14-6-8(10)16(19)20/h5-6,9H,2-4H2,1H3,(H,14,15)(H,17,18). The summed E-state index contributed by atoms with van der Waals surface area (Å²) in [5.41, 5.74) is -0.806. The first-order valence-electron chi connectivity index (χ1n) is 6.14. The number of hydrogen-bond donors (Lipinski definition) is 2. The molecule has 2 rings (SSSR count). The summed E-state index contributed by atoms with van der Waals surface area (Å²) in [6, 6.07) is -0.350. The zero-order valence-corrected chi connectivity index (χ0v) is 12.4. The highest BCUT2D eigenvalue weighted by Gasteiger charge is 2.46. The Hall–Kier alpha value is -1.70. The fourth-order valence-electron chi connectivity index (χ4n) is 2.53. The minimum Gasteiger partial charge on any atom is -0.481 e. The Balaban J connectivity index is 2.35. The molecule has 7 nitrogen and oxygen atoms in total. The average molecular weight is 344 g/mol. The van der Waals surface area contributed by atoms with E-state index in [1.807, 2.05) is 0 Å². The zero-order chi connectivity index (χ0) is 14.9. The molecule has 1 saturated carbocycles. The van der Waals surface area contributed by atoms with Crippen molar-refractivity contribution in [2.45, 2.75) is 32.2 Å². The molecular weight excluding hydrogens is 330 g/mol. The number of rotatable bonds is 4. The highest BCUT2D eigenvalue weighted by molar-refractivity contribution is 9.10. The van der Waals surface area contributed by atoms with Crippen molar-refractivity contribution < 1.29 is 14.8 Å². The Bertz CT molecular complexity index is 566. The number of nitrogens with zero attached hydrogens (tertiary/aromatic N) is 2. The van der Waals surface area contributed by atoms with Gasteiger partial charge in [-0.1, -0.05) is 6.42 Å². The van der Waals surface area contributed by atoms with Crippen molar-refractivity contribution in [2.24, 2.45) is 5.41 Å². The maximum absolute atomic E-state index is 11.4. The van der Waals surface area contributed by atoms with Crippen LogP contribution in [0.5, 0.6) is 0 Å². The summed E-state index contributed by atoms with van der Waals surface area (Å²) in [6.07, 6.45) is 4.59. The summed E-state index contributed by atoms with van der Waals surface area (Å²) >= 11 is 3.22. The van der Waals surface area contributed by atoms with E-state index in [0.717, 1.165) is 12.6 Å². The van der Waals surface area contributed by atoms with Crippen LogP contribution >= 0.6 is 15.9 Å². The molecule has 20 heavy (non-hydrogen) atoms. The molecule has 1 fully saturated rings. The normalized spacial score (nSPS) is 25.4. The van der Waals surface area contributed by atoms with Gasteiger partial charge in [0.15, 0.2) is 0 Å². The molecule has 0 spiro atoms. The van der Waals surface area contributed by atoms with Gasteiger partial charge in [-0.2, -0.15) is 0 Å². The van der Waals surface area contributed by atoms with Gasteiger partial charge in [-0.3, -0.25) is 19.9 Å². The maximum atomic E-state index is 11.4. The third-order valence-corrected chi connectivity index (χ3v) is 4.44. The number of nitrogens with one attached hydrogen (secondary N) is 1. The number of carboxylic acids is 1. The van der Waals surface area contributed by atoms with Crippen LogP contribution in [0, 0.1) is 15.5 Å². The van der Waals surface area contributed by atoms with E-state index in [9.17, 15) is 20.0 Å². The van der Waals surface area contributed by atoms with Crippen LogP contribution < -0.4 is 5.32 Å². The topological polar surface area (TPSA) is 105 Å². The molecule has 2 unspecified atom stereocenters. The molecule has 1 heterocycles. The van der Waals surface area contributed by atoms with Gasteiger partial charge in [-0.25, -0.2) is 0 Å². The quantitative estimate of drug-likeness (QED) is 0.643. The van der Waals surface area contributed by atoms with Crippen molar-refractivity contribution in [1.29, 1.82) is 0 Å². The van der Waals surface area contributed by atoms with Gasteiger partial charge in [0.05, 0.1) is 14.8 Å². The van der Waals surface area contributed by atoms with Crippen LogP contribution in [0.15, 0.2) is 16.9 Å². The molecule has 0 radical (unpaired) electrons. The summed E-state index contributed by atoms with van der Waals surface area (Å²) in [4.78, 5) is 25.7. The first-order valence-corrected chi connectivity index (χ1v) is 6.93. The van der Waals surface area contributed by atoms with Gasteiger partial charge in [0.25, 0.3) is 0 Å². The Morgan fingerprint density at radius 3 is 2.95 bits per heavy atom. The Kier molecular flexibility index (Phi) is 3.94. The average Bonchev–Trinajstić information content (AvgIpc) is 2.74. The van der Waals surface area contributed by atoms with E-state index in [1.165, 1.54) is 6.20 Å². The Morgan fingerprint density at radius 2 is 2.35 bits per heavy atom. The number of carboxylic acid groups (broad SMARTS) is 1. The lowest BCUT2D eigenvalue weighted by Gasteiger charge is -2.28. The largest absolute Gasteiger partial charge is 0.481 e. The predicted octanol–water partition coefficient (Wildman–Crippen LogP) is 2.81. The minimum absolute atomic E-state index is 0.168. The summed E-state index contributed by atoms with van der Waals surface area (Å²) < 4.78 is 0.450. The van der Waals surface area contributed by atoms with Crippen LogP contribution in [-0.2, 0) is 4.79 Å². The molecule has 1 aromatic heterocycles. The molecule has 2 N–H and O–H groups in total. The van der Waals surface area contributed by atoms with E-state index in [-0.39, 0.29) is 17.4 Å². The summed E-state index contributed by atoms with van der Waals surface area (Å²) in [5, 5.41) is 23.4. The van der Waals surface area contributed by atoms with Gasteiger partial charge in [-0.15, -0.1) is 0 Å². The number of hydrogen-bond acceptors (Lipinski definition) is 5. The predicted molar refractivity (Wildman–Crippen MR) is 75.6 cm³/mol. The highest BCUT2D eigenvalue weighted by Crippen LogP contribution is 2.42. The van der Waals surface area contributed by atoms with Crippen molar-refractivity contribution in [3.05, 3.63) is 27.0 Å². The van der Waals surface area contributed by atoms with Gasteiger partial charge in [-0.05, 0) is 35.7 Å². The number of halogens is 1. The van der Waals surface area contributed by atoms with Crippen molar-refractivity contribution in [3.8, 4) is 0 Å². The number of nitro groups is 1. The fourth-order valence-corrected chi connectivity index (χ4v) is 2.97. The SMILES string of the molecule is CC1(C(=O)O)CCCC1Nc1c(Br)cncc1[N+](=O)[O-]. The van der Waals surface area contributed by atoms with Crippen LogP contribution in [0.3, 0.4) is 0 Å². The lowest BCUT2D eigenvalue weighted by Crippen LogP contribution is -2.40. The van der Waals surface area contributed by atoms with Crippen molar-refractivity contribution in [1.82, 2.24) is 4.98 Å². The van der Waals surface area contributed by atoms with Gasteiger partial charge >= 0.3 is 11.7 Å². The number of pyridine rings is 1. The molecule has 0 aliphatic heterocycles. The highest BCUT2D eigenvalue weighted by atomic mass is 79.9. The second-order valence-corrected chi connectivity index (χ2v) is 5.94. The van der Waals surface area contributed by atoms with Crippen LogP contribution in [0.2, 0.25) is 0 Å². The smallest absolute Gasteiger partial charge is 0.311 e. The van der Waals surface area contributed by atoms with E-state index in [0.29, 0.717) is 17.3 Å². The lowest BCUT2D eigenvalue weighted by atomic mass is 9.85. The van der Waals surface area contributed by atoms with Crippen molar-refractivity contribution in [2.75, 3.05) is 5.32 Å². The minimum atomic E-state index is -0.920. The Labute approximate surface area is 123 Å². The van der Waals surface area contributed by atoms with E-state index in [4.69, 9.17) is 0 Å². The number of anilines is 1. The van der Waals surface area contributed by atoms with E-state index in [2.05, 4.69) is 26.2 Å². The van der Waals surface area contributed by atoms with E-state index >= 15 is 0 Å². The molecule has 1 aromatic rings. The third-order valence-electron chi connectivity index (χ3n) is 3.84. The Morgan fingerprint density at radius 1 is 1.65 bits per heavy atom. The van der Waals surface area contributed by atoms with E-state index < -0.39 is 16.3 Å². The number of carbonyl (C=O) groups is 1. The van der Waals surface area contributed by atoms with Gasteiger partial charge in [0, 0.05) is 12.2 Å². The van der Waals surface area contributed by atoms with Crippen LogP contribution in [0.4, 0.5) is 11.4 Å². The zero-order valence-electron chi connectivity index (χ0n) is 10.8.